The molecule has 0 saturated carbocycles. The van der Waals surface area contributed by atoms with Gasteiger partial charge < -0.3 is 16.0 Å². The lowest BCUT2D eigenvalue weighted by molar-refractivity contribution is 0.0910. The van der Waals surface area contributed by atoms with Gasteiger partial charge in [0.05, 0.1) is 5.56 Å². The van der Waals surface area contributed by atoms with Gasteiger partial charge in [-0.3, -0.25) is 4.79 Å². The highest BCUT2D eigenvalue weighted by atomic mass is 79.9. The van der Waals surface area contributed by atoms with E-state index in [0.29, 0.717) is 11.3 Å². The second-order valence-electron chi connectivity index (χ2n) is 5.68. The number of anilines is 1. The topological polar surface area (TPSA) is 58.4 Å². The van der Waals surface area contributed by atoms with E-state index in [4.69, 9.17) is 5.73 Å². The molecule has 21 heavy (non-hydrogen) atoms. The van der Waals surface area contributed by atoms with Gasteiger partial charge in [-0.15, -0.1) is 0 Å². The number of nitrogens with one attached hydrogen (secondary N) is 1. The van der Waals surface area contributed by atoms with Gasteiger partial charge in [-0.25, -0.2) is 0 Å². The summed E-state index contributed by atoms with van der Waals surface area (Å²) in [6.07, 6.45) is 4.54. The number of piperidine rings is 1. The van der Waals surface area contributed by atoms with E-state index in [0.717, 1.165) is 30.4 Å². The number of carbonyl (C=O) groups excluding carboxylic acids is 1. The highest BCUT2D eigenvalue weighted by Gasteiger charge is 2.21. The normalized spacial score (nSPS) is 16.9. The van der Waals surface area contributed by atoms with Gasteiger partial charge in [0.1, 0.15) is 0 Å². The quantitative estimate of drug-likeness (QED) is 0.799. The average Bonchev–Trinajstić information content (AvgIpc) is 2.49. The van der Waals surface area contributed by atoms with Crippen LogP contribution in [-0.2, 0) is 0 Å². The summed E-state index contributed by atoms with van der Waals surface area (Å²) in [6.45, 7) is 5.54. The van der Waals surface area contributed by atoms with Gasteiger partial charge in [0.2, 0.25) is 0 Å². The van der Waals surface area contributed by atoms with Gasteiger partial charge in [0.15, 0.2) is 0 Å². The van der Waals surface area contributed by atoms with Crippen LogP contribution in [0, 0.1) is 0 Å². The van der Waals surface area contributed by atoms with Crippen LogP contribution in [-0.4, -0.2) is 36.5 Å². The molecule has 0 atom stereocenters. The Balaban J connectivity index is 1.85. The monoisotopic (exact) mass is 353 g/mol. The maximum Gasteiger partial charge on any atom is 0.252 e. The number of hydrogen-bond acceptors (Lipinski definition) is 3. The van der Waals surface area contributed by atoms with E-state index < -0.39 is 0 Å². The van der Waals surface area contributed by atoms with Gasteiger partial charge in [0, 0.05) is 29.3 Å². The first kappa shape index (κ1) is 16.3. The van der Waals surface area contributed by atoms with E-state index in [9.17, 15) is 4.79 Å². The minimum Gasteiger partial charge on any atom is -0.399 e. The van der Waals surface area contributed by atoms with E-state index >= 15 is 0 Å². The van der Waals surface area contributed by atoms with Crippen molar-refractivity contribution in [1.29, 1.82) is 0 Å². The van der Waals surface area contributed by atoms with E-state index in [-0.39, 0.29) is 11.9 Å². The van der Waals surface area contributed by atoms with Crippen molar-refractivity contribution < 1.29 is 4.79 Å². The second-order valence-corrected chi connectivity index (χ2v) is 6.54. The fourth-order valence-electron chi connectivity index (χ4n) is 2.66. The lowest BCUT2D eigenvalue weighted by atomic mass is 10.0. The van der Waals surface area contributed by atoms with Crippen molar-refractivity contribution in [1.82, 2.24) is 10.2 Å². The molecule has 0 spiro atoms. The van der Waals surface area contributed by atoms with Crippen LogP contribution in [0.1, 0.15) is 43.0 Å². The number of nitrogen functional groups attached to an aromatic ring is 1. The number of hydrogen-bond donors (Lipinski definition) is 2. The molecule has 0 bridgehead atoms. The smallest absolute Gasteiger partial charge is 0.252 e. The molecular formula is C16H24BrN3O. The number of likely N-dealkylation sites (tertiary alicyclic amines) is 1. The maximum absolute atomic E-state index is 12.3. The summed E-state index contributed by atoms with van der Waals surface area (Å²) >= 11 is 3.41. The SMILES string of the molecule is CCCCN1CCC(NC(=O)c2cc(N)ccc2Br)CC1. The first-order valence-corrected chi connectivity index (χ1v) is 8.47. The Hall–Kier alpha value is -1.07. The Bertz CT molecular complexity index is 484. The molecule has 1 fully saturated rings. The lowest BCUT2D eigenvalue weighted by Gasteiger charge is -2.32. The zero-order valence-electron chi connectivity index (χ0n) is 12.6. The van der Waals surface area contributed by atoms with Crippen LogP contribution < -0.4 is 11.1 Å². The van der Waals surface area contributed by atoms with Crippen molar-refractivity contribution in [3.05, 3.63) is 28.2 Å². The molecule has 1 aromatic rings. The van der Waals surface area contributed by atoms with Gasteiger partial charge >= 0.3 is 0 Å². The van der Waals surface area contributed by atoms with E-state index in [1.807, 2.05) is 6.07 Å². The molecule has 3 N–H and O–H groups in total. The first-order chi connectivity index (χ1) is 10.1. The minimum absolute atomic E-state index is 0.0406. The Morgan fingerprint density at radius 1 is 1.43 bits per heavy atom. The summed E-state index contributed by atoms with van der Waals surface area (Å²) in [5.41, 5.74) is 6.98. The largest absolute Gasteiger partial charge is 0.399 e. The fourth-order valence-corrected chi connectivity index (χ4v) is 3.09. The van der Waals surface area contributed by atoms with Gasteiger partial charge in [0.25, 0.3) is 5.91 Å². The second kappa shape index (κ2) is 7.80. The summed E-state index contributed by atoms with van der Waals surface area (Å²) in [7, 11) is 0. The van der Waals surface area contributed by atoms with Crippen LogP contribution in [0.15, 0.2) is 22.7 Å². The highest BCUT2D eigenvalue weighted by molar-refractivity contribution is 9.10. The van der Waals surface area contributed by atoms with Gasteiger partial charge in [-0.2, -0.15) is 0 Å². The van der Waals surface area contributed by atoms with Crippen molar-refractivity contribution in [2.45, 2.75) is 38.6 Å². The summed E-state index contributed by atoms with van der Waals surface area (Å²) in [4.78, 5) is 14.8. The summed E-state index contributed by atoms with van der Waals surface area (Å²) in [5.74, 6) is -0.0406. The molecule has 5 heteroatoms. The number of rotatable bonds is 5. The minimum atomic E-state index is -0.0406. The average molecular weight is 354 g/mol. The first-order valence-electron chi connectivity index (χ1n) is 7.68. The molecule has 0 radical (unpaired) electrons. The fraction of sp³-hybridized carbons (Fsp3) is 0.562. The van der Waals surface area contributed by atoms with E-state index in [1.54, 1.807) is 12.1 Å². The molecule has 116 valence electrons. The molecule has 1 amide bonds. The molecular weight excluding hydrogens is 330 g/mol. The maximum atomic E-state index is 12.3. The number of nitrogens with two attached hydrogens (primary N) is 1. The Morgan fingerprint density at radius 3 is 2.81 bits per heavy atom. The molecule has 1 aliphatic rings. The van der Waals surface area contributed by atoms with Crippen LogP contribution in [0.2, 0.25) is 0 Å². The molecule has 1 saturated heterocycles. The number of benzene rings is 1. The Kier molecular flexibility index (Phi) is 6.06. The standard InChI is InChI=1S/C16H24BrN3O/c1-2-3-8-20-9-6-13(7-10-20)19-16(21)14-11-12(18)4-5-15(14)17/h4-5,11,13H,2-3,6-10,18H2,1H3,(H,19,21). The summed E-state index contributed by atoms with van der Waals surface area (Å²) in [6, 6.07) is 5.59. The molecule has 1 aliphatic heterocycles. The van der Waals surface area contributed by atoms with Crippen molar-refractivity contribution >= 4 is 27.5 Å². The van der Waals surface area contributed by atoms with Crippen molar-refractivity contribution in [2.24, 2.45) is 0 Å². The van der Waals surface area contributed by atoms with Crippen LogP contribution in [0.4, 0.5) is 5.69 Å². The Morgan fingerprint density at radius 2 is 2.14 bits per heavy atom. The van der Waals surface area contributed by atoms with Crippen LogP contribution in [0.5, 0.6) is 0 Å². The lowest BCUT2D eigenvalue weighted by Crippen LogP contribution is -2.44. The molecule has 0 aliphatic carbocycles. The third-order valence-electron chi connectivity index (χ3n) is 3.99. The number of carbonyl (C=O) groups is 1. The van der Waals surface area contributed by atoms with Crippen molar-refractivity contribution in [2.75, 3.05) is 25.4 Å². The number of nitrogens with zero attached hydrogens (tertiary/aromatic N) is 1. The molecule has 0 unspecified atom stereocenters. The molecule has 1 aromatic carbocycles. The Labute approximate surface area is 135 Å². The zero-order valence-corrected chi connectivity index (χ0v) is 14.2. The summed E-state index contributed by atoms with van der Waals surface area (Å²) in [5, 5.41) is 3.13. The summed E-state index contributed by atoms with van der Waals surface area (Å²) < 4.78 is 0.787. The van der Waals surface area contributed by atoms with Gasteiger partial charge in [-0.1, -0.05) is 13.3 Å². The molecule has 0 aromatic heterocycles. The van der Waals surface area contributed by atoms with Crippen molar-refractivity contribution in [3.8, 4) is 0 Å². The molecule has 2 rings (SSSR count). The molecule has 4 nitrogen and oxygen atoms in total. The van der Waals surface area contributed by atoms with E-state index in [1.165, 1.54) is 19.4 Å². The highest BCUT2D eigenvalue weighted by Crippen LogP contribution is 2.20. The van der Waals surface area contributed by atoms with Crippen molar-refractivity contribution in [3.63, 3.8) is 0 Å². The van der Waals surface area contributed by atoms with Crippen LogP contribution in [0.25, 0.3) is 0 Å². The number of unbranched alkanes of at least 4 members (excludes halogenated alkanes) is 1. The third kappa shape index (κ3) is 4.71. The molecule has 1 heterocycles. The predicted octanol–water partition coefficient (Wildman–Crippen LogP) is 3.03. The van der Waals surface area contributed by atoms with E-state index in [2.05, 4.69) is 33.1 Å². The zero-order chi connectivity index (χ0) is 15.2. The number of halogens is 1. The predicted molar refractivity (Wildman–Crippen MR) is 90.4 cm³/mol. The van der Waals surface area contributed by atoms with Crippen LogP contribution >= 0.6 is 15.9 Å². The number of amides is 1. The third-order valence-corrected chi connectivity index (χ3v) is 4.68. The van der Waals surface area contributed by atoms with Crippen LogP contribution in [0.3, 0.4) is 0 Å². The van der Waals surface area contributed by atoms with Gasteiger partial charge in [-0.05, 0) is 59.9 Å².